The van der Waals surface area contributed by atoms with Gasteiger partial charge in [-0.05, 0) is 25.1 Å². The molecule has 1 spiro atoms. The lowest BCUT2D eigenvalue weighted by atomic mass is 9.77. The van der Waals surface area contributed by atoms with Crippen LogP contribution in [0.2, 0.25) is 5.02 Å². The van der Waals surface area contributed by atoms with E-state index >= 15 is 0 Å². The molecule has 2 bridgehead atoms. The minimum absolute atomic E-state index is 0.114. The van der Waals surface area contributed by atoms with E-state index in [4.69, 9.17) is 21.1 Å². The van der Waals surface area contributed by atoms with Gasteiger partial charge in [0.05, 0.1) is 25.2 Å². The summed E-state index contributed by atoms with van der Waals surface area (Å²) in [6.45, 7) is 2.43. The highest BCUT2D eigenvalue weighted by Crippen LogP contribution is 2.52. The summed E-state index contributed by atoms with van der Waals surface area (Å²) in [5, 5.41) is 0.563. The molecule has 3 heterocycles. The molecule has 1 aromatic rings. The van der Waals surface area contributed by atoms with E-state index in [2.05, 4.69) is 0 Å². The lowest BCUT2D eigenvalue weighted by Gasteiger charge is -2.22. The highest BCUT2D eigenvalue weighted by molar-refractivity contribution is 6.31. The van der Waals surface area contributed by atoms with Crippen LogP contribution >= 0.6 is 11.6 Å². The Morgan fingerprint density at radius 1 is 1.52 bits per heavy atom. The van der Waals surface area contributed by atoms with Gasteiger partial charge >= 0.3 is 5.97 Å². The largest absolute Gasteiger partial charge is 0.466 e. The third kappa shape index (κ3) is 2.03. The van der Waals surface area contributed by atoms with E-state index in [9.17, 15) is 9.59 Å². The summed E-state index contributed by atoms with van der Waals surface area (Å²) >= 11 is 6.03. The van der Waals surface area contributed by atoms with Crippen molar-refractivity contribution in [2.75, 3.05) is 18.1 Å². The SMILES string of the molecule is CCOC(=O)[C@@H]1[C@H]2C=C[C@@]3(CN(c4cccc(Cl)c4)C(=O)[C@@H]13)O2. The minimum Gasteiger partial charge on any atom is -0.466 e. The fraction of sp³-hybridized carbons (Fsp3) is 0.412. The zero-order valence-corrected chi connectivity index (χ0v) is 13.3. The fourth-order valence-electron chi connectivity index (χ4n) is 3.87. The molecule has 1 aromatic carbocycles. The van der Waals surface area contributed by atoms with Crippen LogP contribution in [-0.4, -0.2) is 36.7 Å². The Hall–Kier alpha value is -1.85. The second kappa shape index (κ2) is 5.08. The topological polar surface area (TPSA) is 55.8 Å². The fourth-order valence-corrected chi connectivity index (χ4v) is 4.05. The van der Waals surface area contributed by atoms with Crippen molar-refractivity contribution in [2.45, 2.75) is 18.6 Å². The Balaban J connectivity index is 1.70. The minimum atomic E-state index is -0.735. The highest BCUT2D eigenvalue weighted by atomic mass is 35.5. The highest BCUT2D eigenvalue weighted by Gasteiger charge is 2.67. The lowest BCUT2D eigenvalue weighted by Crippen LogP contribution is -2.40. The van der Waals surface area contributed by atoms with E-state index in [1.807, 2.05) is 18.2 Å². The lowest BCUT2D eigenvalue weighted by molar-refractivity contribution is -0.151. The molecule has 1 amide bonds. The second-order valence-electron chi connectivity index (χ2n) is 6.06. The second-order valence-corrected chi connectivity index (χ2v) is 6.49. The van der Waals surface area contributed by atoms with E-state index in [1.54, 1.807) is 30.0 Å². The van der Waals surface area contributed by atoms with Crippen LogP contribution in [0.5, 0.6) is 0 Å². The van der Waals surface area contributed by atoms with Gasteiger partial charge < -0.3 is 14.4 Å². The molecule has 0 N–H and O–H groups in total. The summed E-state index contributed by atoms with van der Waals surface area (Å²) < 4.78 is 11.2. The molecule has 0 saturated carbocycles. The molecular formula is C17H16ClNO4. The Morgan fingerprint density at radius 3 is 3.09 bits per heavy atom. The zero-order valence-electron chi connectivity index (χ0n) is 12.6. The van der Waals surface area contributed by atoms with Crippen LogP contribution in [0.1, 0.15) is 6.92 Å². The molecule has 4 atom stereocenters. The van der Waals surface area contributed by atoms with Crippen molar-refractivity contribution in [3.63, 3.8) is 0 Å². The molecule has 0 unspecified atom stereocenters. The monoisotopic (exact) mass is 333 g/mol. The third-order valence-electron chi connectivity index (χ3n) is 4.78. The van der Waals surface area contributed by atoms with Crippen molar-refractivity contribution in [3.05, 3.63) is 41.4 Å². The number of esters is 1. The molecule has 3 aliphatic rings. The summed E-state index contributed by atoms with van der Waals surface area (Å²) in [5.41, 5.74) is -0.0177. The number of benzene rings is 1. The molecular weight excluding hydrogens is 318 g/mol. The number of hydrogen-bond donors (Lipinski definition) is 0. The van der Waals surface area contributed by atoms with Crippen LogP contribution in [0, 0.1) is 11.8 Å². The van der Waals surface area contributed by atoms with Crippen molar-refractivity contribution >= 4 is 29.2 Å². The standard InChI is InChI=1S/C17H16ClNO4/c1-2-22-16(21)13-12-6-7-17(23-12)9-19(15(20)14(13)17)11-5-3-4-10(18)8-11/h3-8,12-14H,2,9H2,1H3/t12-,13-,14-,17+/m1/s1. The molecule has 2 saturated heterocycles. The molecule has 4 rings (SSSR count). The number of hydrogen-bond acceptors (Lipinski definition) is 4. The Kier molecular flexibility index (Phi) is 3.25. The molecule has 3 aliphatic heterocycles. The quantitative estimate of drug-likeness (QED) is 0.628. The first-order chi connectivity index (χ1) is 11.1. The molecule has 0 aromatic heterocycles. The van der Waals surface area contributed by atoms with Crippen molar-refractivity contribution < 1.29 is 19.1 Å². The molecule has 2 fully saturated rings. The van der Waals surface area contributed by atoms with Crippen LogP contribution in [0.25, 0.3) is 0 Å². The molecule has 5 nitrogen and oxygen atoms in total. The smallest absolute Gasteiger partial charge is 0.312 e. The first-order valence-corrected chi connectivity index (χ1v) is 8.04. The van der Waals surface area contributed by atoms with Crippen LogP contribution in [0.15, 0.2) is 36.4 Å². The van der Waals surface area contributed by atoms with Crippen molar-refractivity contribution in [1.82, 2.24) is 0 Å². The maximum absolute atomic E-state index is 13.0. The average molecular weight is 334 g/mol. The van der Waals surface area contributed by atoms with Gasteiger partial charge in [-0.2, -0.15) is 0 Å². The van der Waals surface area contributed by atoms with Crippen LogP contribution in [-0.2, 0) is 19.1 Å². The van der Waals surface area contributed by atoms with Gasteiger partial charge in [0.25, 0.3) is 0 Å². The van der Waals surface area contributed by atoms with Crippen LogP contribution in [0.3, 0.4) is 0 Å². The molecule has 120 valence electrons. The molecule has 0 radical (unpaired) electrons. The Labute approximate surface area is 138 Å². The maximum atomic E-state index is 13.0. The van der Waals surface area contributed by atoms with Gasteiger partial charge in [-0.1, -0.05) is 29.8 Å². The molecule has 6 heteroatoms. The predicted molar refractivity (Wildman–Crippen MR) is 84.2 cm³/mol. The zero-order chi connectivity index (χ0) is 16.2. The number of halogens is 1. The van der Waals surface area contributed by atoms with Crippen molar-refractivity contribution in [2.24, 2.45) is 11.8 Å². The number of carbonyl (C=O) groups is 2. The third-order valence-corrected chi connectivity index (χ3v) is 5.01. The van der Waals surface area contributed by atoms with Crippen molar-refractivity contribution in [1.29, 1.82) is 0 Å². The summed E-state index contributed by atoms with van der Waals surface area (Å²) in [6.07, 6.45) is 3.41. The van der Waals surface area contributed by atoms with Crippen LogP contribution < -0.4 is 4.90 Å². The number of nitrogens with zero attached hydrogens (tertiary/aromatic N) is 1. The Bertz CT molecular complexity index is 718. The first kappa shape index (κ1) is 14.7. The predicted octanol–water partition coefficient (Wildman–Crippen LogP) is 2.19. The van der Waals surface area contributed by atoms with Gasteiger partial charge in [-0.3, -0.25) is 9.59 Å². The number of amides is 1. The Morgan fingerprint density at radius 2 is 2.35 bits per heavy atom. The van der Waals surface area contributed by atoms with Gasteiger partial charge in [0.15, 0.2) is 0 Å². The number of rotatable bonds is 3. The molecule has 23 heavy (non-hydrogen) atoms. The van der Waals surface area contributed by atoms with E-state index in [1.165, 1.54) is 0 Å². The van der Waals surface area contributed by atoms with Gasteiger partial charge in [-0.15, -0.1) is 0 Å². The number of ether oxygens (including phenoxy) is 2. The number of fused-ring (bicyclic) bond motifs is 1. The van der Waals surface area contributed by atoms with Gasteiger partial charge in [0.1, 0.15) is 11.5 Å². The number of carbonyl (C=O) groups excluding carboxylic acids is 2. The van der Waals surface area contributed by atoms with Gasteiger partial charge in [0, 0.05) is 10.7 Å². The van der Waals surface area contributed by atoms with E-state index < -0.39 is 17.4 Å². The van der Waals surface area contributed by atoms with Crippen LogP contribution in [0.4, 0.5) is 5.69 Å². The van der Waals surface area contributed by atoms with Gasteiger partial charge in [-0.25, -0.2) is 0 Å². The summed E-state index contributed by atoms with van der Waals surface area (Å²) in [7, 11) is 0. The van der Waals surface area contributed by atoms with E-state index in [0.29, 0.717) is 17.3 Å². The number of anilines is 1. The summed E-state index contributed by atoms with van der Waals surface area (Å²) in [5.74, 6) is -1.58. The average Bonchev–Trinajstić information content (AvgIpc) is 3.16. The van der Waals surface area contributed by atoms with E-state index in [0.717, 1.165) is 0 Å². The maximum Gasteiger partial charge on any atom is 0.312 e. The van der Waals surface area contributed by atoms with E-state index in [-0.39, 0.29) is 24.6 Å². The normalized spacial score (nSPS) is 34.1. The van der Waals surface area contributed by atoms with Gasteiger partial charge in [0.2, 0.25) is 5.91 Å². The first-order valence-electron chi connectivity index (χ1n) is 7.66. The summed E-state index contributed by atoms with van der Waals surface area (Å²) in [4.78, 5) is 26.9. The summed E-state index contributed by atoms with van der Waals surface area (Å²) in [6, 6.07) is 7.13. The molecule has 0 aliphatic carbocycles. The van der Waals surface area contributed by atoms with Crippen molar-refractivity contribution in [3.8, 4) is 0 Å².